The van der Waals surface area contributed by atoms with Crippen molar-refractivity contribution in [3.05, 3.63) is 47.8 Å². The summed E-state index contributed by atoms with van der Waals surface area (Å²) >= 11 is 0. The van der Waals surface area contributed by atoms with E-state index in [1.807, 2.05) is 36.4 Å². The van der Waals surface area contributed by atoms with Crippen LogP contribution in [0.2, 0.25) is 0 Å². The number of hydrogen-bond acceptors (Lipinski definition) is 8. The lowest BCUT2D eigenvalue weighted by atomic mass is 10.2. The van der Waals surface area contributed by atoms with E-state index in [0.717, 1.165) is 22.8 Å². The first kappa shape index (κ1) is 22.7. The summed E-state index contributed by atoms with van der Waals surface area (Å²) in [6, 6.07) is 11.7. The molecular weight excluding hydrogens is 388 g/mol. The van der Waals surface area contributed by atoms with Gasteiger partial charge < -0.3 is 28.4 Å². The van der Waals surface area contributed by atoms with Gasteiger partial charge in [-0.05, 0) is 24.3 Å². The summed E-state index contributed by atoms with van der Waals surface area (Å²) < 4.78 is 33.2. The van der Waals surface area contributed by atoms with Crippen molar-refractivity contribution in [2.24, 2.45) is 0 Å². The second-order valence-electron chi connectivity index (χ2n) is 6.58. The lowest BCUT2D eigenvalue weighted by molar-refractivity contribution is -0.0188. The molecular formula is C22H30N2O6. The first-order valence-electron chi connectivity index (χ1n) is 10.3. The molecule has 1 aliphatic rings. The standard InChI is InChI=1S/C22H30N2O6/c1-3-19-17-29-15-13-27-11-9-25-7-8-26-10-12-28-14-16-30-18-20-4-2-6-22(24-20)21(5-1)23-19/h1-6H,7-18H2. The Labute approximate surface area is 177 Å². The monoisotopic (exact) mass is 418 g/mol. The maximum Gasteiger partial charge on any atom is 0.0890 e. The van der Waals surface area contributed by atoms with Crippen LogP contribution in [0.15, 0.2) is 36.4 Å². The summed E-state index contributed by atoms with van der Waals surface area (Å²) in [5.74, 6) is 0. The van der Waals surface area contributed by atoms with Gasteiger partial charge in [0.05, 0.1) is 102 Å². The quantitative estimate of drug-likeness (QED) is 0.645. The highest BCUT2D eigenvalue weighted by atomic mass is 16.6. The zero-order valence-corrected chi connectivity index (χ0v) is 17.3. The Morgan fingerprint density at radius 3 is 1.13 bits per heavy atom. The second kappa shape index (κ2) is 14.1. The van der Waals surface area contributed by atoms with Crippen LogP contribution < -0.4 is 0 Å². The van der Waals surface area contributed by atoms with Crippen LogP contribution in [0.5, 0.6) is 0 Å². The largest absolute Gasteiger partial charge is 0.377 e. The average molecular weight is 418 g/mol. The van der Waals surface area contributed by atoms with Gasteiger partial charge in [-0.1, -0.05) is 12.1 Å². The van der Waals surface area contributed by atoms with Gasteiger partial charge in [-0.2, -0.15) is 0 Å². The predicted octanol–water partition coefficient (Wildman–Crippen LogP) is 2.26. The highest BCUT2D eigenvalue weighted by molar-refractivity contribution is 5.54. The van der Waals surface area contributed by atoms with Gasteiger partial charge in [0.1, 0.15) is 0 Å². The van der Waals surface area contributed by atoms with Crippen molar-refractivity contribution in [3.8, 4) is 11.4 Å². The highest BCUT2D eigenvalue weighted by Gasteiger charge is 2.05. The SMILES string of the molecule is c1cc2nc(c1)-c1cccc(n1)COCCOCCOCCOCCOCCOC2. The number of ether oxygens (including phenoxy) is 6. The molecule has 0 amide bonds. The molecule has 3 rings (SSSR count). The Morgan fingerprint density at radius 2 is 0.767 bits per heavy atom. The maximum atomic E-state index is 5.67. The third-order valence-electron chi connectivity index (χ3n) is 4.24. The number of pyridine rings is 2. The summed E-state index contributed by atoms with van der Waals surface area (Å²) in [7, 11) is 0. The van der Waals surface area contributed by atoms with Crippen molar-refractivity contribution in [3.63, 3.8) is 0 Å². The normalized spacial score (nSPS) is 18.9. The molecule has 0 radical (unpaired) electrons. The van der Waals surface area contributed by atoms with Gasteiger partial charge in [0.25, 0.3) is 0 Å². The molecule has 0 fully saturated rings. The Balaban J connectivity index is 1.55. The third kappa shape index (κ3) is 8.83. The van der Waals surface area contributed by atoms with E-state index >= 15 is 0 Å². The number of aromatic nitrogens is 2. The molecule has 1 aliphatic heterocycles. The van der Waals surface area contributed by atoms with E-state index in [0.29, 0.717) is 79.3 Å². The van der Waals surface area contributed by atoms with Gasteiger partial charge in [0.15, 0.2) is 0 Å². The summed E-state index contributed by atoms with van der Waals surface area (Å²) in [6.45, 7) is 6.08. The summed E-state index contributed by atoms with van der Waals surface area (Å²) in [5, 5.41) is 0. The summed E-state index contributed by atoms with van der Waals surface area (Å²) in [6.07, 6.45) is 0. The van der Waals surface area contributed by atoms with Crippen LogP contribution in [-0.2, 0) is 41.6 Å². The van der Waals surface area contributed by atoms with Gasteiger partial charge in [-0.3, -0.25) is 0 Å². The molecule has 0 unspecified atom stereocenters. The van der Waals surface area contributed by atoms with E-state index in [9.17, 15) is 0 Å². The third-order valence-corrected chi connectivity index (χ3v) is 4.24. The van der Waals surface area contributed by atoms with Crippen LogP contribution in [0.3, 0.4) is 0 Å². The second-order valence-corrected chi connectivity index (χ2v) is 6.58. The van der Waals surface area contributed by atoms with Crippen molar-refractivity contribution in [1.29, 1.82) is 0 Å². The van der Waals surface area contributed by atoms with Crippen LogP contribution in [0.4, 0.5) is 0 Å². The lowest BCUT2D eigenvalue weighted by Crippen LogP contribution is -2.14. The van der Waals surface area contributed by atoms with E-state index in [-0.39, 0.29) is 0 Å². The van der Waals surface area contributed by atoms with Crippen LogP contribution in [0, 0.1) is 0 Å². The maximum absolute atomic E-state index is 5.67. The van der Waals surface area contributed by atoms with Crippen molar-refractivity contribution in [2.75, 3.05) is 66.1 Å². The van der Waals surface area contributed by atoms with E-state index in [4.69, 9.17) is 28.4 Å². The zero-order chi connectivity index (χ0) is 20.7. The topological polar surface area (TPSA) is 81.2 Å². The Hall–Kier alpha value is -1.94. The van der Waals surface area contributed by atoms with Crippen molar-refractivity contribution in [1.82, 2.24) is 9.97 Å². The van der Waals surface area contributed by atoms with Crippen LogP contribution in [0.1, 0.15) is 11.4 Å². The minimum atomic E-state index is 0.424. The van der Waals surface area contributed by atoms with Gasteiger partial charge in [-0.25, -0.2) is 9.97 Å². The molecule has 0 aromatic carbocycles. The van der Waals surface area contributed by atoms with Crippen molar-refractivity contribution in [2.45, 2.75) is 13.2 Å². The predicted molar refractivity (Wildman–Crippen MR) is 110 cm³/mol. The summed E-state index contributed by atoms with van der Waals surface area (Å²) in [4.78, 5) is 9.32. The van der Waals surface area contributed by atoms with Crippen molar-refractivity contribution < 1.29 is 28.4 Å². The molecule has 164 valence electrons. The first-order chi connectivity index (χ1) is 14.9. The zero-order valence-electron chi connectivity index (χ0n) is 17.3. The van der Waals surface area contributed by atoms with Crippen LogP contribution >= 0.6 is 0 Å². The highest BCUT2D eigenvalue weighted by Crippen LogP contribution is 2.16. The number of rotatable bonds is 0. The van der Waals surface area contributed by atoms with E-state index in [2.05, 4.69) is 9.97 Å². The summed E-state index contributed by atoms with van der Waals surface area (Å²) in [5.41, 5.74) is 3.32. The van der Waals surface area contributed by atoms with E-state index in [1.165, 1.54) is 0 Å². The molecule has 0 atom stereocenters. The molecule has 8 nitrogen and oxygen atoms in total. The molecule has 2 aromatic heterocycles. The Bertz CT molecular complexity index is 669. The molecule has 0 saturated heterocycles. The van der Waals surface area contributed by atoms with Crippen LogP contribution in [0.25, 0.3) is 11.4 Å². The van der Waals surface area contributed by atoms with E-state index in [1.54, 1.807) is 0 Å². The fourth-order valence-corrected chi connectivity index (χ4v) is 2.76. The fraction of sp³-hybridized carbons (Fsp3) is 0.545. The number of nitrogens with zero attached hydrogens (tertiary/aromatic N) is 2. The van der Waals surface area contributed by atoms with Gasteiger partial charge in [0, 0.05) is 0 Å². The minimum Gasteiger partial charge on any atom is -0.377 e. The minimum absolute atomic E-state index is 0.424. The lowest BCUT2D eigenvalue weighted by Gasteiger charge is -2.10. The number of hydrogen-bond donors (Lipinski definition) is 0. The molecule has 2 aromatic rings. The molecule has 4 bridgehead atoms. The van der Waals surface area contributed by atoms with Crippen molar-refractivity contribution >= 4 is 0 Å². The molecule has 0 saturated carbocycles. The van der Waals surface area contributed by atoms with Crippen LogP contribution in [-0.4, -0.2) is 76.0 Å². The van der Waals surface area contributed by atoms with Gasteiger partial charge >= 0.3 is 0 Å². The molecule has 8 heteroatoms. The molecule has 3 heterocycles. The molecule has 30 heavy (non-hydrogen) atoms. The van der Waals surface area contributed by atoms with E-state index < -0.39 is 0 Å². The Kier molecular flexibility index (Phi) is 10.7. The average Bonchev–Trinajstić information content (AvgIpc) is 2.78. The number of fused-ring (bicyclic) bond motifs is 5. The molecule has 0 aliphatic carbocycles. The smallest absolute Gasteiger partial charge is 0.0890 e. The first-order valence-corrected chi connectivity index (χ1v) is 10.3. The molecule has 0 spiro atoms. The van der Waals surface area contributed by atoms with Gasteiger partial charge in [0.2, 0.25) is 0 Å². The fourth-order valence-electron chi connectivity index (χ4n) is 2.76. The Morgan fingerprint density at radius 1 is 0.433 bits per heavy atom. The molecule has 0 N–H and O–H groups in total. The van der Waals surface area contributed by atoms with Gasteiger partial charge in [-0.15, -0.1) is 0 Å².